The summed E-state index contributed by atoms with van der Waals surface area (Å²) in [7, 11) is -3.71. The molecule has 0 aliphatic heterocycles. The lowest BCUT2D eigenvalue weighted by Crippen LogP contribution is -2.23. The zero-order valence-electron chi connectivity index (χ0n) is 12.2. The van der Waals surface area contributed by atoms with Crippen LogP contribution in [0.3, 0.4) is 0 Å². The van der Waals surface area contributed by atoms with Gasteiger partial charge in [-0.25, -0.2) is 13.1 Å². The molecule has 9 heteroatoms. The number of nitrogens with one attached hydrogen (secondary N) is 1. The average molecular weight is 424 g/mol. The van der Waals surface area contributed by atoms with Crippen LogP contribution >= 0.6 is 15.9 Å². The second-order valence-corrected chi connectivity index (χ2v) is 7.39. The normalized spacial score (nSPS) is 12.2. The number of halogens is 4. The summed E-state index contributed by atoms with van der Waals surface area (Å²) in [5.74, 6) is 0.0599. The fraction of sp³-hybridized carbons (Fsp3) is 0.200. The molecule has 1 N–H and O–H groups in total. The summed E-state index contributed by atoms with van der Waals surface area (Å²) in [6.45, 7) is -1.37. The molecule has 0 saturated heterocycles. The summed E-state index contributed by atoms with van der Waals surface area (Å²) < 4.78 is 68.1. The van der Waals surface area contributed by atoms with Crippen molar-refractivity contribution in [2.45, 2.75) is 17.6 Å². The number of benzene rings is 2. The topological polar surface area (TPSA) is 55.4 Å². The van der Waals surface area contributed by atoms with Crippen molar-refractivity contribution in [2.24, 2.45) is 0 Å². The Morgan fingerprint density at radius 3 is 2.25 bits per heavy atom. The molecule has 0 atom stereocenters. The lowest BCUT2D eigenvalue weighted by atomic mass is 10.2. The highest BCUT2D eigenvalue weighted by atomic mass is 79.9. The third-order valence-corrected chi connectivity index (χ3v) is 5.33. The molecule has 4 nitrogen and oxygen atoms in total. The van der Waals surface area contributed by atoms with Crippen LogP contribution in [0.1, 0.15) is 5.56 Å². The largest absolute Gasteiger partial charge is 0.484 e. The molecule has 0 bridgehead atoms. The van der Waals surface area contributed by atoms with Crippen LogP contribution in [0.2, 0.25) is 0 Å². The van der Waals surface area contributed by atoms with Gasteiger partial charge in [0.1, 0.15) is 5.75 Å². The second kappa shape index (κ2) is 7.54. The zero-order chi connectivity index (χ0) is 17.8. The Bertz CT molecular complexity index is 792. The van der Waals surface area contributed by atoms with Gasteiger partial charge in [0.25, 0.3) is 0 Å². The van der Waals surface area contributed by atoms with Crippen molar-refractivity contribution >= 4 is 26.0 Å². The van der Waals surface area contributed by atoms with Crippen molar-refractivity contribution in [3.05, 3.63) is 58.6 Å². The van der Waals surface area contributed by atoms with E-state index in [1.165, 1.54) is 30.3 Å². The molecule has 2 aromatic carbocycles. The number of rotatable bonds is 6. The third kappa shape index (κ3) is 5.50. The Balaban J connectivity index is 1.98. The molecule has 130 valence electrons. The van der Waals surface area contributed by atoms with Gasteiger partial charge >= 0.3 is 6.18 Å². The fourth-order valence-electron chi connectivity index (χ4n) is 1.79. The van der Waals surface area contributed by atoms with Crippen molar-refractivity contribution in [2.75, 3.05) is 6.61 Å². The van der Waals surface area contributed by atoms with Crippen LogP contribution in [-0.4, -0.2) is 21.2 Å². The van der Waals surface area contributed by atoms with E-state index >= 15 is 0 Å². The first kappa shape index (κ1) is 18.8. The molecule has 0 fully saturated rings. The molecular formula is C15H13BrF3NO3S. The first-order valence-electron chi connectivity index (χ1n) is 6.70. The van der Waals surface area contributed by atoms with E-state index in [-0.39, 0.29) is 17.2 Å². The van der Waals surface area contributed by atoms with Crippen molar-refractivity contribution in [3.63, 3.8) is 0 Å². The first-order valence-corrected chi connectivity index (χ1v) is 8.98. The van der Waals surface area contributed by atoms with Gasteiger partial charge in [-0.1, -0.05) is 24.3 Å². The van der Waals surface area contributed by atoms with Gasteiger partial charge in [0.2, 0.25) is 10.0 Å². The predicted octanol–water partition coefficient (Wildman–Crippen LogP) is 3.87. The summed E-state index contributed by atoms with van der Waals surface area (Å²) >= 11 is 3.17. The number of sulfonamides is 1. The fourth-order valence-corrected chi connectivity index (χ4v) is 3.81. The van der Waals surface area contributed by atoms with Crippen molar-refractivity contribution in [3.8, 4) is 5.75 Å². The Morgan fingerprint density at radius 1 is 1.04 bits per heavy atom. The highest BCUT2D eigenvalue weighted by Gasteiger charge is 2.28. The molecule has 2 aromatic rings. The predicted molar refractivity (Wildman–Crippen MR) is 86.2 cm³/mol. The Hall–Kier alpha value is -1.58. The molecule has 0 aliphatic rings. The molecule has 0 aromatic heterocycles. The summed E-state index contributed by atoms with van der Waals surface area (Å²) in [5, 5.41) is 0. The molecule has 0 radical (unpaired) electrons. The third-order valence-electron chi connectivity index (χ3n) is 2.92. The van der Waals surface area contributed by atoms with Crippen LogP contribution in [0.5, 0.6) is 5.75 Å². The van der Waals surface area contributed by atoms with Gasteiger partial charge in [0.05, 0.1) is 4.90 Å². The lowest BCUT2D eigenvalue weighted by Gasteiger charge is -2.10. The number of hydrogen-bond donors (Lipinski definition) is 1. The van der Waals surface area contributed by atoms with Crippen LogP contribution in [0.4, 0.5) is 13.2 Å². The summed E-state index contributed by atoms with van der Waals surface area (Å²) in [6, 6.07) is 12.1. The van der Waals surface area contributed by atoms with Gasteiger partial charge in [-0.3, -0.25) is 0 Å². The summed E-state index contributed by atoms with van der Waals surface area (Å²) in [6.07, 6.45) is -4.41. The van der Waals surface area contributed by atoms with Crippen molar-refractivity contribution < 1.29 is 26.3 Å². The van der Waals surface area contributed by atoms with E-state index in [0.29, 0.717) is 10.0 Å². The molecule has 24 heavy (non-hydrogen) atoms. The number of hydrogen-bond acceptors (Lipinski definition) is 3. The minimum absolute atomic E-state index is 0.00319. The molecule has 0 spiro atoms. The van der Waals surface area contributed by atoms with Crippen LogP contribution in [0, 0.1) is 0 Å². The highest BCUT2D eigenvalue weighted by molar-refractivity contribution is 9.10. The van der Waals surface area contributed by atoms with Crippen LogP contribution in [0.25, 0.3) is 0 Å². The maximum absolute atomic E-state index is 12.2. The summed E-state index contributed by atoms with van der Waals surface area (Å²) in [5.41, 5.74) is 0.588. The van der Waals surface area contributed by atoms with Crippen LogP contribution in [0.15, 0.2) is 57.9 Å². The van der Waals surface area contributed by atoms with Gasteiger partial charge in [0, 0.05) is 11.0 Å². The van der Waals surface area contributed by atoms with E-state index in [2.05, 4.69) is 25.4 Å². The maximum atomic E-state index is 12.2. The Kier molecular flexibility index (Phi) is 5.89. The van der Waals surface area contributed by atoms with E-state index < -0.39 is 22.8 Å². The SMILES string of the molecule is O=S(=O)(NCc1ccc(OCC(F)(F)F)cc1)c1ccccc1Br. The van der Waals surface area contributed by atoms with Crippen molar-refractivity contribution in [1.29, 1.82) is 0 Å². The first-order chi connectivity index (χ1) is 11.2. The number of ether oxygens (including phenoxy) is 1. The summed E-state index contributed by atoms with van der Waals surface area (Å²) in [4.78, 5) is 0.107. The zero-order valence-corrected chi connectivity index (χ0v) is 14.6. The molecule has 0 saturated carbocycles. The second-order valence-electron chi connectivity index (χ2n) is 4.80. The number of alkyl halides is 3. The molecule has 0 heterocycles. The van der Waals surface area contributed by atoms with E-state index in [1.54, 1.807) is 18.2 Å². The van der Waals surface area contributed by atoms with E-state index in [9.17, 15) is 21.6 Å². The molecule has 0 aliphatic carbocycles. The monoisotopic (exact) mass is 423 g/mol. The van der Waals surface area contributed by atoms with Crippen LogP contribution < -0.4 is 9.46 Å². The smallest absolute Gasteiger partial charge is 0.422 e. The van der Waals surface area contributed by atoms with E-state index in [4.69, 9.17) is 0 Å². The van der Waals surface area contributed by atoms with E-state index in [1.807, 2.05) is 0 Å². The standard InChI is InChI=1S/C15H13BrF3NO3S/c16-13-3-1-2-4-14(13)24(21,22)20-9-11-5-7-12(8-6-11)23-10-15(17,18)19/h1-8,20H,9-10H2. The average Bonchev–Trinajstić information content (AvgIpc) is 2.51. The van der Waals surface area contributed by atoms with E-state index in [0.717, 1.165) is 0 Å². The minimum atomic E-state index is -4.41. The molecule has 0 amide bonds. The van der Waals surface area contributed by atoms with Gasteiger partial charge in [-0.15, -0.1) is 0 Å². The molecule has 0 unspecified atom stereocenters. The van der Waals surface area contributed by atoms with Gasteiger partial charge < -0.3 is 4.74 Å². The van der Waals surface area contributed by atoms with Crippen LogP contribution in [-0.2, 0) is 16.6 Å². The highest BCUT2D eigenvalue weighted by Crippen LogP contribution is 2.22. The molecular weight excluding hydrogens is 411 g/mol. The Labute approximate surface area is 145 Å². The minimum Gasteiger partial charge on any atom is -0.484 e. The quantitative estimate of drug-likeness (QED) is 0.766. The van der Waals surface area contributed by atoms with Crippen molar-refractivity contribution in [1.82, 2.24) is 4.72 Å². The van der Waals surface area contributed by atoms with Gasteiger partial charge in [-0.2, -0.15) is 13.2 Å². The van der Waals surface area contributed by atoms with Gasteiger partial charge in [0.15, 0.2) is 6.61 Å². The lowest BCUT2D eigenvalue weighted by molar-refractivity contribution is -0.153. The van der Waals surface area contributed by atoms with Gasteiger partial charge in [-0.05, 0) is 45.8 Å². The Morgan fingerprint density at radius 2 is 1.67 bits per heavy atom. The molecule has 2 rings (SSSR count). The maximum Gasteiger partial charge on any atom is 0.422 e.